The molecule has 9 heteroatoms. The topological polar surface area (TPSA) is 156 Å². The fourth-order valence-electron chi connectivity index (χ4n) is 6.89. The second-order valence-electron chi connectivity index (χ2n) is 10.1. The van der Waals surface area contributed by atoms with Crippen LogP contribution >= 0.6 is 0 Å². The monoisotopic (exact) mass is 450 g/mol. The lowest BCUT2D eigenvalue weighted by atomic mass is 9.45. The maximum atomic E-state index is 13.1. The van der Waals surface area contributed by atoms with Gasteiger partial charge in [0.05, 0.1) is 5.71 Å². The number of hydrogen-bond acceptors (Lipinski definition) is 7. The molecule has 4 saturated carbocycles. The normalized spacial score (nSPS) is 39.3. The summed E-state index contributed by atoms with van der Waals surface area (Å²) in [6.45, 7) is 5.39. The van der Waals surface area contributed by atoms with Crippen LogP contribution in [0.3, 0.4) is 0 Å². The number of aliphatic carboxylic acids is 2. The number of carboxylic acid groups (broad SMARTS) is 2. The Morgan fingerprint density at radius 1 is 1.06 bits per heavy atom. The van der Waals surface area contributed by atoms with Gasteiger partial charge in [-0.2, -0.15) is 0 Å². The molecule has 6 atom stereocenters. The van der Waals surface area contributed by atoms with Crippen molar-refractivity contribution < 1.29 is 34.2 Å². The molecule has 0 amide bonds. The highest BCUT2D eigenvalue weighted by Crippen LogP contribution is 2.64. The molecule has 32 heavy (non-hydrogen) atoms. The molecule has 6 unspecified atom stereocenters. The van der Waals surface area contributed by atoms with Gasteiger partial charge in [0.15, 0.2) is 0 Å². The highest BCUT2D eigenvalue weighted by Gasteiger charge is 2.62. The molecule has 4 aliphatic carbocycles. The van der Waals surface area contributed by atoms with Crippen molar-refractivity contribution in [3.8, 4) is 0 Å². The molecule has 0 heterocycles. The SMILES string of the molecule is CC12CCC3C(CC(=O)C4CC(=NOCCN)CCC43C)C1CCC2=O.O=C(O)C(=O)O. The van der Waals surface area contributed by atoms with Crippen molar-refractivity contribution >= 4 is 29.2 Å². The van der Waals surface area contributed by atoms with Gasteiger partial charge >= 0.3 is 11.9 Å². The first-order chi connectivity index (χ1) is 15.0. The van der Waals surface area contributed by atoms with E-state index in [-0.39, 0.29) is 16.7 Å². The van der Waals surface area contributed by atoms with E-state index in [1.165, 1.54) is 0 Å². The lowest BCUT2D eigenvalue weighted by molar-refractivity contribution is -0.159. The van der Waals surface area contributed by atoms with Crippen molar-refractivity contribution in [2.24, 2.45) is 45.4 Å². The van der Waals surface area contributed by atoms with Crippen LogP contribution in [0.15, 0.2) is 5.16 Å². The third-order valence-corrected chi connectivity index (χ3v) is 8.59. The third kappa shape index (κ3) is 4.31. The van der Waals surface area contributed by atoms with Crippen LogP contribution in [-0.2, 0) is 24.0 Å². The number of carbonyl (C=O) groups is 4. The molecule has 0 aromatic carbocycles. The zero-order valence-corrected chi connectivity index (χ0v) is 18.8. The molecular weight excluding hydrogens is 416 g/mol. The number of rotatable bonds is 3. The standard InChI is InChI=1S/C21H32N2O3.C2H2O4/c1-20-7-5-13(23-26-10-9-22)11-17(20)18(24)12-14-15-3-4-19(25)21(15,2)8-6-16(14)20;3-1(4)2(5)6/h14-17H,3-12,22H2,1-2H3;(H,3,4)(H,5,6). The van der Waals surface area contributed by atoms with Gasteiger partial charge in [0.1, 0.15) is 18.2 Å². The second-order valence-corrected chi connectivity index (χ2v) is 10.1. The van der Waals surface area contributed by atoms with Crippen molar-refractivity contribution in [1.82, 2.24) is 0 Å². The molecule has 9 nitrogen and oxygen atoms in total. The number of carbonyl (C=O) groups excluding carboxylic acids is 2. The molecule has 4 N–H and O–H groups in total. The molecule has 4 fully saturated rings. The lowest BCUT2D eigenvalue weighted by Crippen LogP contribution is -2.56. The van der Waals surface area contributed by atoms with Crippen molar-refractivity contribution in [2.45, 2.75) is 65.2 Å². The van der Waals surface area contributed by atoms with E-state index < -0.39 is 11.9 Å². The maximum Gasteiger partial charge on any atom is 0.414 e. The fourth-order valence-corrected chi connectivity index (χ4v) is 6.89. The average Bonchev–Trinajstić information content (AvgIpc) is 3.04. The summed E-state index contributed by atoms with van der Waals surface area (Å²) in [5, 5.41) is 19.0. The zero-order chi connectivity index (χ0) is 23.7. The zero-order valence-electron chi connectivity index (χ0n) is 18.8. The Hall–Kier alpha value is -2.29. The van der Waals surface area contributed by atoms with E-state index >= 15 is 0 Å². The van der Waals surface area contributed by atoms with Gasteiger partial charge in [-0.25, -0.2) is 9.59 Å². The Kier molecular flexibility index (Phi) is 7.07. The van der Waals surface area contributed by atoms with Crippen molar-refractivity contribution in [1.29, 1.82) is 0 Å². The lowest BCUT2D eigenvalue weighted by Gasteiger charge is -2.58. The quantitative estimate of drug-likeness (QED) is 0.336. The Morgan fingerprint density at radius 2 is 1.75 bits per heavy atom. The number of nitrogens with two attached hydrogens (primary N) is 1. The molecule has 0 aromatic rings. The molecule has 0 saturated heterocycles. The van der Waals surface area contributed by atoms with Crippen LogP contribution in [-0.4, -0.2) is 52.6 Å². The van der Waals surface area contributed by atoms with Crippen LogP contribution in [0.2, 0.25) is 0 Å². The summed E-state index contributed by atoms with van der Waals surface area (Å²) in [6.07, 6.45) is 7.13. The van der Waals surface area contributed by atoms with Crippen LogP contribution in [0.1, 0.15) is 65.2 Å². The van der Waals surface area contributed by atoms with E-state index in [0.717, 1.165) is 44.2 Å². The number of oxime groups is 1. The molecule has 0 aromatic heterocycles. The van der Waals surface area contributed by atoms with Crippen LogP contribution in [0.4, 0.5) is 0 Å². The highest BCUT2D eigenvalue weighted by atomic mass is 16.6. The van der Waals surface area contributed by atoms with Crippen molar-refractivity contribution in [3.05, 3.63) is 0 Å². The van der Waals surface area contributed by atoms with Crippen molar-refractivity contribution in [2.75, 3.05) is 13.2 Å². The number of nitrogens with zero attached hydrogens (tertiary/aromatic N) is 1. The van der Waals surface area contributed by atoms with E-state index in [1.807, 2.05) is 0 Å². The molecular formula is C23H34N2O7. The summed E-state index contributed by atoms with van der Waals surface area (Å²) in [6, 6.07) is 0. The number of carboxylic acids is 2. The molecule has 0 bridgehead atoms. The van der Waals surface area contributed by atoms with E-state index in [0.29, 0.717) is 55.3 Å². The Bertz CT molecular complexity index is 813. The van der Waals surface area contributed by atoms with E-state index in [1.54, 1.807) is 0 Å². The predicted molar refractivity (Wildman–Crippen MR) is 115 cm³/mol. The molecule has 4 rings (SSSR count). The Labute approximate surface area is 187 Å². The van der Waals surface area contributed by atoms with Gasteiger partial charge in [-0.15, -0.1) is 0 Å². The molecule has 178 valence electrons. The molecule has 4 aliphatic rings. The van der Waals surface area contributed by atoms with Gasteiger partial charge in [0, 0.05) is 30.7 Å². The summed E-state index contributed by atoms with van der Waals surface area (Å²) < 4.78 is 0. The summed E-state index contributed by atoms with van der Waals surface area (Å²) in [4.78, 5) is 49.1. The van der Waals surface area contributed by atoms with Crippen LogP contribution in [0, 0.1) is 34.5 Å². The van der Waals surface area contributed by atoms with Crippen LogP contribution in [0.25, 0.3) is 0 Å². The number of Topliss-reactive ketones (excluding diaryl/α,β-unsaturated/α-hetero) is 2. The smallest absolute Gasteiger partial charge is 0.414 e. The summed E-state index contributed by atoms with van der Waals surface area (Å²) >= 11 is 0. The van der Waals surface area contributed by atoms with Gasteiger partial charge in [0.25, 0.3) is 0 Å². The highest BCUT2D eigenvalue weighted by molar-refractivity contribution is 6.27. The van der Waals surface area contributed by atoms with Crippen LogP contribution in [0.5, 0.6) is 0 Å². The van der Waals surface area contributed by atoms with Gasteiger partial charge < -0.3 is 20.8 Å². The second kappa shape index (κ2) is 9.29. The minimum absolute atomic E-state index is 0.0554. The molecule has 0 aliphatic heterocycles. The number of hydrogen-bond donors (Lipinski definition) is 3. The summed E-state index contributed by atoms with van der Waals surface area (Å²) in [5.74, 6) is -1.36. The largest absolute Gasteiger partial charge is 0.473 e. The minimum Gasteiger partial charge on any atom is -0.473 e. The molecule has 0 spiro atoms. The van der Waals surface area contributed by atoms with Crippen LogP contribution < -0.4 is 5.73 Å². The number of ketones is 2. The third-order valence-electron chi connectivity index (χ3n) is 8.59. The van der Waals surface area contributed by atoms with Gasteiger partial charge in [-0.3, -0.25) is 9.59 Å². The Morgan fingerprint density at radius 3 is 2.38 bits per heavy atom. The minimum atomic E-state index is -1.82. The first kappa shape index (κ1) is 24.4. The number of fused-ring (bicyclic) bond motifs is 5. The first-order valence-electron chi connectivity index (χ1n) is 11.4. The summed E-state index contributed by atoms with van der Waals surface area (Å²) in [5.41, 5.74) is 6.37. The van der Waals surface area contributed by atoms with Gasteiger partial charge in [-0.1, -0.05) is 19.0 Å². The van der Waals surface area contributed by atoms with Gasteiger partial charge in [0.2, 0.25) is 0 Å². The maximum absolute atomic E-state index is 13.1. The average molecular weight is 451 g/mol. The van der Waals surface area contributed by atoms with Gasteiger partial charge in [-0.05, 0) is 61.7 Å². The van der Waals surface area contributed by atoms with Crippen molar-refractivity contribution in [3.63, 3.8) is 0 Å². The van der Waals surface area contributed by atoms with E-state index in [2.05, 4.69) is 19.0 Å². The summed E-state index contributed by atoms with van der Waals surface area (Å²) in [7, 11) is 0. The Balaban J connectivity index is 0.000000427. The van der Waals surface area contributed by atoms with E-state index in [9.17, 15) is 9.59 Å². The molecule has 0 radical (unpaired) electrons. The van der Waals surface area contributed by atoms with E-state index in [4.69, 9.17) is 30.4 Å². The predicted octanol–water partition coefficient (Wildman–Crippen LogP) is 2.26. The fraction of sp³-hybridized carbons (Fsp3) is 0.783. The first-order valence-corrected chi connectivity index (χ1v) is 11.4.